The van der Waals surface area contributed by atoms with Gasteiger partial charge in [-0.2, -0.15) is 4.31 Å². The van der Waals surface area contributed by atoms with Gasteiger partial charge in [0.05, 0.1) is 17.9 Å². The van der Waals surface area contributed by atoms with Gasteiger partial charge in [-0.25, -0.2) is 17.2 Å². The monoisotopic (exact) mass is 590 g/mol. The predicted molar refractivity (Wildman–Crippen MR) is 154 cm³/mol. The minimum atomic E-state index is -3.37. The summed E-state index contributed by atoms with van der Waals surface area (Å²) in [5, 5.41) is 6.32. The summed E-state index contributed by atoms with van der Waals surface area (Å²) < 4.78 is 61.8. The van der Waals surface area contributed by atoms with Crippen LogP contribution in [0.5, 0.6) is 0 Å². The van der Waals surface area contributed by atoms with E-state index in [9.17, 15) is 17.6 Å². The molecule has 224 valence electrons. The van der Waals surface area contributed by atoms with Gasteiger partial charge in [-0.3, -0.25) is 4.79 Å². The van der Waals surface area contributed by atoms with Crippen LogP contribution in [0.4, 0.5) is 14.5 Å². The van der Waals surface area contributed by atoms with Crippen molar-refractivity contribution in [1.29, 1.82) is 0 Å². The smallest absolute Gasteiger partial charge is 0.242 e. The molecule has 3 fully saturated rings. The third-order valence-corrected chi connectivity index (χ3v) is 11.3. The highest BCUT2D eigenvalue weighted by molar-refractivity contribution is 7.89. The molecule has 4 unspecified atom stereocenters. The Kier molecular flexibility index (Phi) is 9.10. The first-order valence-corrected chi connectivity index (χ1v) is 16.1. The summed E-state index contributed by atoms with van der Waals surface area (Å²) in [4.78, 5) is 13.7. The van der Waals surface area contributed by atoms with Crippen LogP contribution in [0.1, 0.15) is 56.1 Å². The summed E-state index contributed by atoms with van der Waals surface area (Å²) in [6.45, 7) is 0.936. The molecule has 4 atom stereocenters. The number of nitrogens with two attached hydrogens (primary N) is 1. The minimum Gasteiger partial charge on any atom is -0.381 e. The Labute approximate surface area is 241 Å². The second-order valence-electron chi connectivity index (χ2n) is 11.7. The van der Waals surface area contributed by atoms with Gasteiger partial charge in [0.2, 0.25) is 15.9 Å². The molecule has 5 rings (SSSR count). The van der Waals surface area contributed by atoms with Crippen LogP contribution in [-0.2, 0) is 31.4 Å². The Morgan fingerprint density at radius 1 is 1.17 bits per heavy atom. The number of hydrogen-bond acceptors (Lipinski definition) is 6. The highest BCUT2D eigenvalue weighted by atomic mass is 32.2. The van der Waals surface area contributed by atoms with Crippen LogP contribution in [0.25, 0.3) is 0 Å². The number of rotatable bonds is 8. The molecule has 2 saturated heterocycles. The van der Waals surface area contributed by atoms with Crippen molar-refractivity contribution in [2.75, 3.05) is 31.3 Å². The number of benzene rings is 2. The van der Waals surface area contributed by atoms with E-state index < -0.39 is 33.2 Å². The van der Waals surface area contributed by atoms with Crippen LogP contribution < -0.4 is 16.4 Å². The molecule has 3 aliphatic rings. The maximum atomic E-state index is 15.2. The highest BCUT2D eigenvalue weighted by Gasteiger charge is 2.45. The summed E-state index contributed by atoms with van der Waals surface area (Å²) in [5.41, 5.74) is 7.39. The average Bonchev–Trinajstić information content (AvgIpc) is 3.08. The topological polar surface area (TPSA) is 114 Å². The van der Waals surface area contributed by atoms with E-state index in [0.29, 0.717) is 62.9 Å². The van der Waals surface area contributed by atoms with Crippen LogP contribution in [0, 0.1) is 11.6 Å². The Hall–Kier alpha value is -2.44. The first-order chi connectivity index (χ1) is 19.6. The maximum absolute atomic E-state index is 15.2. The Balaban J connectivity index is 1.34. The summed E-state index contributed by atoms with van der Waals surface area (Å²) in [5.74, 6) is -1.16. The molecular weight excluding hydrogens is 550 g/mol. The molecule has 11 heteroatoms. The Morgan fingerprint density at radius 2 is 1.90 bits per heavy atom. The molecule has 4 N–H and O–H groups in total. The number of methoxy groups -OCH3 is 1. The number of ether oxygens (including phenoxy) is 1. The zero-order valence-corrected chi connectivity index (χ0v) is 24.3. The van der Waals surface area contributed by atoms with E-state index in [4.69, 9.17) is 10.5 Å². The third kappa shape index (κ3) is 6.34. The number of carbonyl (C=O) groups is 1. The van der Waals surface area contributed by atoms with Gasteiger partial charge in [0.25, 0.3) is 0 Å². The van der Waals surface area contributed by atoms with E-state index in [-0.39, 0.29) is 36.2 Å². The average molecular weight is 591 g/mol. The van der Waals surface area contributed by atoms with E-state index >= 15 is 4.39 Å². The first kappa shape index (κ1) is 30.0. The fraction of sp³-hybridized carbons (Fsp3) is 0.567. The third-order valence-electron chi connectivity index (χ3n) is 9.32. The summed E-state index contributed by atoms with van der Waals surface area (Å²) in [7, 11) is -1.70. The molecule has 2 heterocycles. The number of hydrogen-bond donors (Lipinski definition) is 3. The molecule has 0 aromatic heterocycles. The van der Waals surface area contributed by atoms with Gasteiger partial charge in [0.15, 0.2) is 0 Å². The highest BCUT2D eigenvalue weighted by Crippen LogP contribution is 2.43. The van der Waals surface area contributed by atoms with Crippen LogP contribution in [0.15, 0.2) is 42.5 Å². The van der Waals surface area contributed by atoms with Crippen molar-refractivity contribution in [3.05, 3.63) is 65.2 Å². The van der Waals surface area contributed by atoms with Gasteiger partial charge in [-0.15, -0.1) is 0 Å². The predicted octanol–water partition coefficient (Wildman–Crippen LogP) is 3.46. The Morgan fingerprint density at radius 3 is 2.61 bits per heavy atom. The molecule has 2 aromatic rings. The van der Waals surface area contributed by atoms with Crippen LogP contribution in [-0.4, -0.2) is 68.8 Å². The standard InChI is InChI=1S/C30H40F2N4O4S/c1-40-24-13-15-30(16-14-24,20-7-9-21(31)10-8-20)28(33)29(37)35-27-6-2-5-26(32)25(27)12-11-23-18-34-22-4-3-17-41(38,39)36(23)19-22/h2,5-10,22-24,28,34H,3-4,11-19,33H2,1H3,(H,35,37). The number of carbonyl (C=O) groups excluding carboxylic acids is 1. The minimum absolute atomic E-state index is 0.0613. The molecule has 2 aromatic carbocycles. The number of nitrogens with one attached hydrogen (secondary N) is 2. The van der Waals surface area contributed by atoms with E-state index in [1.807, 2.05) is 0 Å². The van der Waals surface area contributed by atoms with E-state index in [1.54, 1.807) is 29.6 Å². The molecule has 41 heavy (non-hydrogen) atoms. The van der Waals surface area contributed by atoms with Crippen molar-refractivity contribution in [3.8, 4) is 0 Å². The number of piperazine rings is 1. The molecule has 0 spiro atoms. The zero-order chi connectivity index (χ0) is 29.2. The van der Waals surface area contributed by atoms with E-state index in [1.165, 1.54) is 24.3 Å². The molecule has 2 bridgehead atoms. The van der Waals surface area contributed by atoms with Crippen molar-refractivity contribution in [2.24, 2.45) is 5.73 Å². The summed E-state index contributed by atoms with van der Waals surface area (Å²) >= 11 is 0. The molecule has 1 saturated carbocycles. The quantitative estimate of drug-likeness (QED) is 0.434. The number of nitrogens with zero attached hydrogens (tertiary/aromatic N) is 1. The van der Waals surface area contributed by atoms with E-state index in [0.717, 1.165) is 12.0 Å². The molecule has 1 aliphatic carbocycles. The summed E-state index contributed by atoms with van der Waals surface area (Å²) in [6.07, 6.45) is 4.74. The van der Waals surface area contributed by atoms with Crippen molar-refractivity contribution in [1.82, 2.24) is 9.62 Å². The second kappa shape index (κ2) is 12.4. The molecule has 0 radical (unpaired) electrons. The first-order valence-electron chi connectivity index (χ1n) is 14.5. The number of fused-ring (bicyclic) bond motifs is 2. The van der Waals surface area contributed by atoms with Crippen molar-refractivity contribution >= 4 is 21.6 Å². The van der Waals surface area contributed by atoms with Gasteiger partial charge in [-0.1, -0.05) is 18.2 Å². The normalized spacial score (nSPS) is 30.2. The molecule has 1 amide bonds. The lowest BCUT2D eigenvalue weighted by atomic mass is 9.64. The Bertz CT molecular complexity index is 1330. The van der Waals surface area contributed by atoms with Gasteiger partial charge in [0, 0.05) is 48.9 Å². The number of anilines is 1. The lowest BCUT2D eigenvalue weighted by molar-refractivity contribution is -0.119. The summed E-state index contributed by atoms with van der Waals surface area (Å²) in [6, 6.07) is 9.52. The molecule has 2 aliphatic heterocycles. The van der Waals surface area contributed by atoms with Crippen LogP contribution in [0.2, 0.25) is 0 Å². The fourth-order valence-electron chi connectivity index (χ4n) is 6.85. The number of sulfonamides is 1. The van der Waals surface area contributed by atoms with Gasteiger partial charge in [-0.05, 0) is 81.2 Å². The number of halogens is 2. The lowest BCUT2D eigenvalue weighted by Gasteiger charge is -2.43. The van der Waals surface area contributed by atoms with Crippen LogP contribution >= 0.6 is 0 Å². The van der Waals surface area contributed by atoms with Gasteiger partial charge in [0.1, 0.15) is 11.6 Å². The van der Waals surface area contributed by atoms with Crippen molar-refractivity contribution in [3.63, 3.8) is 0 Å². The molecule has 8 nitrogen and oxygen atoms in total. The lowest BCUT2D eigenvalue weighted by Crippen LogP contribution is -2.57. The van der Waals surface area contributed by atoms with Gasteiger partial charge < -0.3 is 21.1 Å². The maximum Gasteiger partial charge on any atom is 0.242 e. The van der Waals surface area contributed by atoms with Gasteiger partial charge >= 0.3 is 0 Å². The fourth-order valence-corrected chi connectivity index (χ4v) is 8.66. The molecular formula is C30H40F2N4O4S. The zero-order valence-electron chi connectivity index (χ0n) is 23.5. The van der Waals surface area contributed by atoms with Crippen molar-refractivity contribution < 1.29 is 26.7 Å². The largest absolute Gasteiger partial charge is 0.381 e. The van der Waals surface area contributed by atoms with E-state index in [2.05, 4.69) is 10.6 Å². The van der Waals surface area contributed by atoms with Crippen molar-refractivity contribution in [2.45, 2.75) is 81.0 Å². The second-order valence-corrected chi connectivity index (χ2v) is 13.7. The van der Waals surface area contributed by atoms with Crippen LogP contribution in [0.3, 0.4) is 0 Å². The SMILES string of the molecule is COC1CCC(c2ccc(F)cc2)(C(N)C(=O)Nc2cccc(F)c2CCC2CNC3CCCS(=O)(=O)N2C3)CC1. The number of amides is 1.